The minimum Gasteiger partial charge on any atom is -0.330 e. The Morgan fingerprint density at radius 1 is 1.07 bits per heavy atom. The highest BCUT2D eigenvalue weighted by Gasteiger charge is 2.12. The fraction of sp³-hybridized carbons (Fsp3) is 0.286. The Kier molecular flexibility index (Phi) is 7.06. The van der Waals surface area contributed by atoms with Gasteiger partial charge in [0.2, 0.25) is 11.0 Å². The summed E-state index contributed by atoms with van der Waals surface area (Å²) in [5, 5.41) is 15.4. The molecule has 0 bridgehead atoms. The molecule has 2 N–H and O–H groups in total. The van der Waals surface area contributed by atoms with E-state index in [1.807, 2.05) is 31.2 Å². The molecule has 146 valence electrons. The van der Waals surface area contributed by atoms with E-state index in [-0.39, 0.29) is 5.91 Å². The zero-order chi connectivity index (χ0) is 19.9. The smallest absolute Gasteiger partial charge is 0.234 e. The number of rotatable bonds is 8. The number of anilines is 3. The Bertz CT molecular complexity index is 933. The summed E-state index contributed by atoms with van der Waals surface area (Å²) in [6.45, 7) is 6.25. The van der Waals surface area contributed by atoms with E-state index < -0.39 is 0 Å². The lowest BCUT2D eigenvalue weighted by molar-refractivity contribution is -0.113. The van der Waals surface area contributed by atoms with Crippen molar-refractivity contribution in [1.29, 1.82) is 0 Å². The summed E-state index contributed by atoms with van der Waals surface area (Å²) < 4.78 is 0.768. The molecular weight excluding hydrogens is 388 g/mol. The molecule has 3 aromatic rings. The van der Waals surface area contributed by atoms with Gasteiger partial charge in [-0.05, 0) is 48.6 Å². The normalized spacial score (nSPS) is 10.7. The van der Waals surface area contributed by atoms with Crippen molar-refractivity contribution >= 4 is 45.5 Å². The van der Waals surface area contributed by atoms with E-state index in [0.717, 1.165) is 33.7 Å². The number of nitrogens with one attached hydrogen (secondary N) is 2. The van der Waals surface area contributed by atoms with Gasteiger partial charge in [0, 0.05) is 11.4 Å². The molecule has 0 aliphatic heterocycles. The van der Waals surface area contributed by atoms with Crippen molar-refractivity contribution in [2.24, 2.45) is 0 Å². The number of carbonyl (C=O) groups is 1. The van der Waals surface area contributed by atoms with Crippen LogP contribution in [-0.2, 0) is 17.6 Å². The van der Waals surface area contributed by atoms with Gasteiger partial charge >= 0.3 is 0 Å². The first-order chi connectivity index (χ1) is 13.6. The zero-order valence-electron chi connectivity index (χ0n) is 16.3. The number of nitrogens with zero attached hydrogens (tertiary/aromatic N) is 2. The van der Waals surface area contributed by atoms with Crippen molar-refractivity contribution in [3.8, 4) is 0 Å². The first kappa shape index (κ1) is 20.4. The number of aryl methyl sites for hydroxylation is 3. The summed E-state index contributed by atoms with van der Waals surface area (Å²) >= 11 is 2.85. The van der Waals surface area contributed by atoms with Crippen molar-refractivity contribution < 1.29 is 4.79 Å². The second-order valence-corrected chi connectivity index (χ2v) is 8.56. The molecule has 1 amide bonds. The summed E-state index contributed by atoms with van der Waals surface area (Å²) in [6, 6.07) is 14.3. The molecule has 0 radical (unpaired) electrons. The largest absolute Gasteiger partial charge is 0.330 e. The topological polar surface area (TPSA) is 66.9 Å². The standard InChI is InChI=1S/C21H24N4OS2/c1-4-15-9-7-10-16(5-2)19(15)23-18(26)13-27-21-25-24-20(28-21)22-17-11-6-8-14(3)12-17/h6-12H,4-5,13H2,1-3H3,(H,22,24)(H,23,26). The highest BCUT2D eigenvalue weighted by atomic mass is 32.2. The second-order valence-electron chi connectivity index (χ2n) is 6.36. The van der Waals surface area contributed by atoms with Crippen LogP contribution in [0.3, 0.4) is 0 Å². The maximum absolute atomic E-state index is 12.5. The number of thioether (sulfide) groups is 1. The maximum Gasteiger partial charge on any atom is 0.234 e. The number of hydrogen-bond donors (Lipinski definition) is 2. The third-order valence-electron chi connectivity index (χ3n) is 4.27. The minimum atomic E-state index is -0.0241. The van der Waals surface area contributed by atoms with Gasteiger partial charge < -0.3 is 10.6 Å². The molecular formula is C21H24N4OS2. The third kappa shape index (κ3) is 5.33. The fourth-order valence-corrected chi connectivity index (χ4v) is 4.44. The third-order valence-corrected chi connectivity index (χ3v) is 6.24. The van der Waals surface area contributed by atoms with Crippen LogP contribution in [0.2, 0.25) is 0 Å². The van der Waals surface area contributed by atoms with Crippen molar-refractivity contribution in [3.05, 3.63) is 59.2 Å². The van der Waals surface area contributed by atoms with Gasteiger partial charge in [-0.1, -0.05) is 67.3 Å². The van der Waals surface area contributed by atoms with Crippen LogP contribution >= 0.6 is 23.1 Å². The van der Waals surface area contributed by atoms with Gasteiger partial charge in [0.25, 0.3) is 0 Å². The van der Waals surface area contributed by atoms with Gasteiger partial charge in [0.1, 0.15) is 0 Å². The highest BCUT2D eigenvalue weighted by molar-refractivity contribution is 8.01. The quantitative estimate of drug-likeness (QED) is 0.482. The van der Waals surface area contributed by atoms with Gasteiger partial charge in [-0.25, -0.2) is 0 Å². The lowest BCUT2D eigenvalue weighted by Gasteiger charge is -2.14. The lowest BCUT2D eigenvalue weighted by atomic mass is 10.0. The molecule has 7 heteroatoms. The maximum atomic E-state index is 12.5. The Hall–Kier alpha value is -2.38. The van der Waals surface area contributed by atoms with Gasteiger partial charge in [-0.15, -0.1) is 10.2 Å². The number of benzene rings is 2. The molecule has 0 aliphatic rings. The highest BCUT2D eigenvalue weighted by Crippen LogP contribution is 2.28. The summed E-state index contributed by atoms with van der Waals surface area (Å²) in [5.41, 5.74) is 5.45. The minimum absolute atomic E-state index is 0.0241. The Labute approximate surface area is 174 Å². The van der Waals surface area contributed by atoms with Crippen LogP contribution in [0.4, 0.5) is 16.5 Å². The molecule has 2 aromatic carbocycles. The molecule has 0 aliphatic carbocycles. The molecule has 0 saturated carbocycles. The average molecular weight is 413 g/mol. The number of carbonyl (C=O) groups excluding carboxylic acids is 1. The van der Waals surface area contributed by atoms with Crippen LogP contribution in [0, 0.1) is 6.92 Å². The number of para-hydroxylation sites is 1. The Balaban J connectivity index is 1.58. The average Bonchev–Trinajstić information content (AvgIpc) is 3.14. The van der Waals surface area contributed by atoms with Crippen molar-refractivity contribution in [2.45, 2.75) is 38.0 Å². The van der Waals surface area contributed by atoms with Crippen LogP contribution in [0.1, 0.15) is 30.5 Å². The van der Waals surface area contributed by atoms with Gasteiger partial charge in [0.15, 0.2) is 4.34 Å². The molecule has 3 rings (SSSR count). The Morgan fingerprint density at radius 3 is 2.46 bits per heavy atom. The first-order valence-corrected chi connectivity index (χ1v) is 11.1. The van der Waals surface area contributed by atoms with Crippen LogP contribution in [0.15, 0.2) is 46.8 Å². The summed E-state index contributed by atoms with van der Waals surface area (Å²) in [7, 11) is 0. The monoisotopic (exact) mass is 412 g/mol. The molecule has 0 fully saturated rings. The molecule has 0 atom stereocenters. The van der Waals surface area contributed by atoms with E-state index in [2.05, 4.69) is 52.9 Å². The number of aromatic nitrogens is 2. The number of hydrogen-bond acceptors (Lipinski definition) is 6. The van der Waals surface area contributed by atoms with Crippen molar-refractivity contribution in [2.75, 3.05) is 16.4 Å². The van der Waals surface area contributed by atoms with E-state index in [4.69, 9.17) is 0 Å². The predicted molar refractivity (Wildman–Crippen MR) is 119 cm³/mol. The van der Waals surface area contributed by atoms with E-state index in [1.54, 1.807) is 0 Å². The molecule has 28 heavy (non-hydrogen) atoms. The molecule has 0 unspecified atom stereocenters. The fourth-order valence-electron chi connectivity index (χ4n) is 2.87. The summed E-state index contributed by atoms with van der Waals surface area (Å²) in [5.74, 6) is 0.282. The van der Waals surface area contributed by atoms with Gasteiger partial charge in [-0.2, -0.15) is 0 Å². The predicted octanol–water partition coefficient (Wildman–Crippen LogP) is 5.45. The molecule has 1 heterocycles. The van der Waals surface area contributed by atoms with E-state index in [0.29, 0.717) is 5.75 Å². The molecule has 0 saturated heterocycles. The Morgan fingerprint density at radius 2 is 1.79 bits per heavy atom. The van der Waals surface area contributed by atoms with Crippen LogP contribution in [0.25, 0.3) is 0 Å². The zero-order valence-corrected chi connectivity index (χ0v) is 17.9. The van der Waals surface area contributed by atoms with Crippen LogP contribution < -0.4 is 10.6 Å². The van der Waals surface area contributed by atoms with E-state index in [9.17, 15) is 4.79 Å². The SMILES string of the molecule is CCc1cccc(CC)c1NC(=O)CSc1nnc(Nc2cccc(C)c2)s1. The summed E-state index contributed by atoms with van der Waals surface area (Å²) in [6.07, 6.45) is 1.78. The van der Waals surface area contributed by atoms with Crippen LogP contribution in [0.5, 0.6) is 0 Å². The van der Waals surface area contributed by atoms with Gasteiger partial charge in [-0.3, -0.25) is 4.79 Å². The summed E-state index contributed by atoms with van der Waals surface area (Å²) in [4.78, 5) is 12.5. The first-order valence-electron chi connectivity index (χ1n) is 9.29. The molecule has 0 spiro atoms. The van der Waals surface area contributed by atoms with Crippen LogP contribution in [-0.4, -0.2) is 21.9 Å². The lowest BCUT2D eigenvalue weighted by Crippen LogP contribution is -2.16. The molecule has 1 aromatic heterocycles. The van der Waals surface area contributed by atoms with E-state index >= 15 is 0 Å². The van der Waals surface area contributed by atoms with Crippen molar-refractivity contribution in [3.63, 3.8) is 0 Å². The van der Waals surface area contributed by atoms with Gasteiger partial charge in [0.05, 0.1) is 5.75 Å². The van der Waals surface area contributed by atoms with E-state index in [1.165, 1.54) is 39.8 Å². The van der Waals surface area contributed by atoms with Crippen molar-refractivity contribution in [1.82, 2.24) is 10.2 Å². The molecule has 5 nitrogen and oxygen atoms in total. The number of amides is 1. The second kappa shape index (κ2) is 9.71.